The Labute approximate surface area is 147 Å². The highest BCUT2D eigenvalue weighted by Gasteiger charge is 2.25. The fraction of sp³-hybridized carbons (Fsp3) is 0.250. The molecule has 0 saturated heterocycles. The van der Waals surface area contributed by atoms with Crippen molar-refractivity contribution in [2.75, 3.05) is 10.5 Å². The Morgan fingerprint density at radius 1 is 1.50 bits per heavy atom. The molecular weight excluding hydrogens is 378 g/mol. The highest BCUT2D eigenvalue weighted by Crippen LogP contribution is 2.34. The summed E-state index contributed by atoms with van der Waals surface area (Å²) in [6.45, 7) is 3.09. The van der Waals surface area contributed by atoms with Crippen molar-refractivity contribution < 1.29 is 18.3 Å². The molecule has 1 unspecified atom stereocenters. The molecule has 1 atom stereocenters. The van der Waals surface area contributed by atoms with Gasteiger partial charge in [-0.05, 0) is 31.5 Å². The van der Waals surface area contributed by atoms with Crippen molar-refractivity contribution >= 4 is 51.3 Å². The topological polar surface area (TPSA) is 151 Å². The number of aryl methyl sites for hydroxylation is 1. The van der Waals surface area contributed by atoms with Gasteiger partial charge in [-0.25, -0.2) is 18.2 Å². The fourth-order valence-electron chi connectivity index (χ4n) is 1.67. The van der Waals surface area contributed by atoms with Crippen molar-refractivity contribution in [1.29, 1.82) is 0 Å². The molecule has 1 heterocycles. The lowest BCUT2D eigenvalue weighted by molar-refractivity contribution is -0.136. The molecule has 0 radical (unpaired) electrons. The normalized spacial score (nSPS) is 12.8. The van der Waals surface area contributed by atoms with Gasteiger partial charge in [0.05, 0.1) is 0 Å². The second-order valence-electron chi connectivity index (χ2n) is 4.80. The van der Waals surface area contributed by atoms with E-state index in [1.165, 1.54) is 19.1 Å². The summed E-state index contributed by atoms with van der Waals surface area (Å²) in [6.07, 6.45) is 0. The first-order valence-electron chi connectivity index (χ1n) is 6.50. The maximum absolute atomic E-state index is 12.6. The van der Waals surface area contributed by atoms with Crippen molar-refractivity contribution in [3.05, 3.63) is 22.7 Å². The van der Waals surface area contributed by atoms with Crippen LogP contribution in [0, 0.1) is 6.92 Å². The molecule has 2 aromatic rings. The lowest BCUT2D eigenvalue weighted by Gasteiger charge is -2.14. The number of nitrogen functional groups attached to an aromatic ring is 1. The number of nitrogens with one attached hydrogen (secondary N) is 2. The molecule has 24 heavy (non-hydrogen) atoms. The van der Waals surface area contributed by atoms with Gasteiger partial charge in [0, 0.05) is 9.92 Å². The van der Waals surface area contributed by atoms with Crippen LogP contribution in [0.4, 0.5) is 11.9 Å². The van der Waals surface area contributed by atoms with Crippen molar-refractivity contribution in [3.8, 4) is 0 Å². The third-order valence-corrected chi connectivity index (χ3v) is 5.95. The van der Waals surface area contributed by atoms with E-state index in [-0.39, 0.29) is 21.7 Å². The quantitative estimate of drug-likeness (QED) is 0.543. The molecule has 0 bridgehead atoms. The number of carboxylic acid groups (broad SMARTS) is 1. The Hall–Kier alpha value is -1.98. The standard InChI is InChI=1S/C12H14ClN5O4S2/c1-5-3-9(8(4-7(5)13)23-6(2)10(19)20)24(21,22)18-12-15-11(14)16-17-12/h3-4,6H,1-2H3,(H,19,20)(H4,14,15,16,17,18). The number of hydrogen-bond acceptors (Lipinski definition) is 7. The number of anilines is 2. The van der Waals surface area contributed by atoms with E-state index in [1.54, 1.807) is 6.92 Å². The Morgan fingerprint density at radius 2 is 2.17 bits per heavy atom. The van der Waals surface area contributed by atoms with Gasteiger partial charge in [-0.2, -0.15) is 4.98 Å². The van der Waals surface area contributed by atoms with Crippen LogP contribution in [0.2, 0.25) is 5.02 Å². The zero-order valence-corrected chi connectivity index (χ0v) is 15.0. The first-order chi connectivity index (χ1) is 11.1. The van der Waals surface area contributed by atoms with Crippen LogP contribution in [0.15, 0.2) is 21.9 Å². The van der Waals surface area contributed by atoms with Crippen molar-refractivity contribution in [2.24, 2.45) is 0 Å². The number of benzene rings is 1. The van der Waals surface area contributed by atoms with Gasteiger partial charge in [0.25, 0.3) is 16.0 Å². The maximum Gasteiger partial charge on any atom is 0.316 e. The largest absolute Gasteiger partial charge is 0.480 e. The second-order valence-corrected chi connectivity index (χ2v) is 8.24. The summed E-state index contributed by atoms with van der Waals surface area (Å²) in [4.78, 5) is 14.8. The van der Waals surface area contributed by atoms with Gasteiger partial charge in [0.1, 0.15) is 10.1 Å². The number of sulfonamides is 1. The highest BCUT2D eigenvalue weighted by atomic mass is 35.5. The van der Waals surface area contributed by atoms with Crippen LogP contribution in [-0.4, -0.2) is 39.9 Å². The minimum Gasteiger partial charge on any atom is -0.480 e. The lowest BCUT2D eigenvalue weighted by atomic mass is 10.2. The van der Waals surface area contributed by atoms with Crippen molar-refractivity contribution in [2.45, 2.75) is 28.9 Å². The minimum absolute atomic E-state index is 0.0471. The number of H-pyrrole nitrogens is 1. The molecule has 0 aliphatic rings. The number of aromatic nitrogens is 3. The molecule has 130 valence electrons. The monoisotopic (exact) mass is 391 g/mol. The van der Waals surface area contributed by atoms with Gasteiger partial charge in [-0.3, -0.25) is 4.79 Å². The smallest absolute Gasteiger partial charge is 0.316 e. The summed E-state index contributed by atoms with van der Waals surface area (Å²) in [5.41, 5.74) is 5.89. The number of carboxylic acids is 1. The maximum atomic E-state index is 12.6. The van der Waals surface area contributed by atoms with E-state index in [0.717, 1.165) is 11.8 Å². The van der Waals surface area contributed by atoms with E-state index in [2.05, 4.69) is 19.9 Å². The first-order valence-corrected chi connectivity index (χ1v) is 9.24. The Bertz CT molecular complexity index is 884. The average Bonchev–Trinajstić information content (AvgIpc) is 2.86. The molecule has 0 aliphatic heterocycles. The summed E-state index contributed by atoms with van der Waals surface area (Å²) in [5, 5.41) is 14.4. The van der Waals surface area contributed by atoms with Crippen LogP contribution < -0.4 is 10.5 Å². The summed E-state index contributed by atoms with van der Waals surface area (Å²) in [5.74, 6) is -1.34. The van der Waals surface area contributed by atoms with Gasteiger partial charge in [-0.1, -0.05) is 11.6 Å². The number of thioether (sulfide) groups is 1. The Balaban J connectivity index is 2.46. The van der Waals surface area contributed by atoms with E-state index in [1.807, 2.05) is 0 Å². The zero-order valence-electron chi connectivity index (χ0n) is 12.6. The van der Waals surface area contributed by atoms with Gasteiger partial charge in [-0.15, -0.1) is 16.9 Å². The Kier molecular flexibility index (Phi) is 5.26. The van der Waals surface area contributed by atoms with Crippen LogP contribution in [0.5, 0.6) is 0 Å². The third-order valence-electron chi connectivity index (χ3n) is 2.89. The third kappa shape index (κ3) is 4.10. The first kappa shape index (κ1) is 18.4. The number of aliphatic carboxylic acids is 1. The number of hydrogen-bond donors (Lipinski definition) is 4. The van der Waals surface area contributed by atoms with Crippen LogP contribution in [0.25, 0.3) is 0 Å². The summed E-state index contributed by atoms with van der Waals surface area (Å²) < 4.78 is 27.4. The summed E-state index contributed by atoms with van der Waals surface area (Å²) in [7, 11) is -4.06. The van der Waals surface area contributed by atoms with Crippen LogP contribution in [-0.2, 0) is 14.8 Å². The van der Waals surface area contributed by atoms with Crippen LogP contribution >= 0.6 is 23.4 Å². The van der Waals surface area contributed by atoms with Gasteiger partial charge in [0.15, 0.2) is 0 Å². The fourth-order valence-corrected chi connectivity index (χ4v) is 4.32. The molecule has 0 spiro atoms. The number of aromatic amines is 1. The van der Waals surface area contributed by atoms with Crippen LogP contribution in [0.3, 0.4) is 0 Å². The molecule has 9 nitrogen and oxygen atoms in total. The summed E-state index contributed by atoms with van der Waals surface area (Å²) >= 11 is 6.91. The number of nitrogens with zero attached hydrogens (tertiary/aromatic N) is 2. The molecule has 1 aromatic carbocycles. The number of rotatable bonds is 6. The molecule has 5 N–H and O–H groups in total. The molecule has 0 fully saturated rings. The van der Waals surface area contributed by atoms with E-state index in [0.29, 0.717) is 10.6 Å². The molecule has 0 saturated carbocycles. The molecule has 12 heteroatoms. The van der Waals surface area contributed by atoms with Gasteiger partial charge in [0.2, 0.25) is 5.95 Å². The average molecular weight is 392 g/mol. The Morgan fingerprint density at radius 3 is 2.71 bits per heavy atom. The molecule has 0 aliphatic carbocycles. The summed E-state index contributed by atoms with van der Waals surface area (Å²) in [6, 6.07) is 2.78. The van der Waals surface area contributed by atoms with E-state index < -0.39 is 21.2 Å². The second kappa shape index (κ2) is 6.87. The van der Waals surface area contributed by atoms with Crippen molar-refractivity contribution in [3.63, 3.8) is 0 Å². The van der Waals surface area contributed by atoms with E-state index in [9.17, 15) is 13.2 Å². The molecular formula is C12H14ClN5O4S2. The SMILES string of the molecule is Cc1cc(S(=O)(=O)Nc2n[nH]c(N)n2)c(SC(C)C(=O)O)cc1Cl. The number of carbonyl (C=O) groups is 1. The zero-order chi connectivity index (χ0) is 18.1. The van der Waals surface area contributed by atoms with Crippen molar-refractivity contribution in [1.82, 2.24) is 15.2 Å². The van der Waals surface area contributed by atoms with Gasteiger partial charge < -0.3 is 10.8 Å². The molecule has 2 rings (SSSR count). The number of nitrogens with two attached hydrogens (primary N) is 1. The van der Waals surface area contributed by atoms with Crippen LogP contribution in [0.1, 0.15) is 12.5 Å². The molecule has 0 amide bonds. The van der Waals surface area contributed by atoms with E-state index >= 15 is 0 Å². The lowest BCUT2D eigenvalue weighted by Crippen LogP contribution is -2.17. The minimum atomic E-state index is -4.06. The van der Waals surface area contributed by atoms with Gasteiger partial charge >= 0.3 is 5.97 Å². The highest BCUT2D eigenvalue weighted by molar-refractivity contribution is 8.01. The predicted octanol–water partition coefficient (Wildman–Crippen LogP) is 1.71. The van der Waals surface area contributed by atoms with E-state index in [4.69, 9.17) is 22.4 Å². The predicted molar refractivity (Wildman–Crippen MR) is 90.7 cm³/mol. The number of halogens is 1. The molecule has 1 aromatic heterocycles.